The maximum Gasteiger partial charge on any atom is 4.00 e. The Labute approximate surface area is 527 Å². The monoisotopic (exact) mass is 1300 g/mol. The molecule has 78 heavy (non-hydrogen) atoms. The molecule has 0 aliphatic heterocycles. The Balaban J connectivity index is -0.0000000437. The van der Waals surface area contributed by atoms with Crippen LogP contribution in [0.3, 0.4) is 0 Å². The van der Waals surface area contributed by atoms with Crippen LogP contribution in [0.5, 0.6) is 0 Å². The van der Waals surface area contributed by atoms with Crippen LogP contribution in [0, 0.1) is 13.8 Å². The first-order valence-electron chi connectivity index (χ1n) is 22.6. The van der Waals surface area contributed by atoms with E-state index in [0.717, 1.165) is 0 Å². The molecule has 0 heterocycles. The normalized spacial score (nSPS) is 10.2. The number of carbonyl (C=O) groups is 2. The second kappa shape index (κ2) is 72.3. The molecular formula is C48H88N2O22S2Ti4. The van der Waals surface area contributed by atoms with E-state index in [9.17, 15) is 107 Å². The van der Waals surface area contributed by atoms with Crippen molar-refractivity contribution in [3.63, 3.8) is 0 Å². The summed E-state index contributed by atoms with van der Waals surface area (Å²) in [5.74, 6) is -4.46. The zero-order valence-corrected chi connectivity index (χ0v) is 57.2. The molecule has 450 valence electrons. The van der Waals surface area contributed by atoms with E-state index in [4.69, 9.17) is 11.5 Å². The summed E-state index contributed by atoms with van der Waals surface area (Å²) in [4.78, 5) is 18.4. The van der Waals surface area contributed by atoms with Crippen molar-refractivity contribution in [2.45, 2.75) is 235 Å². The van der Waals surface area contributed by atoms with Crippen molar-refractivity contribution in [3.05, 3.63) is 47.5 Å². The van der Waals surface area contributed by atoms with Gasteiger partial charge in [-0.1, -0.05) is 163 Å². The SMILES string of the molecule is CC(C)[O-].CC(C)[O-].CC(C)[O-].CC(C)[O-].CC(C)[O-].CC(C)[O-].CC(C)[O-].CC(C)[O-].CC(C)[O-].CC(C)[O-].Cc1ccc(N)c(S(=O)(=O)[O-])c1.Cc1ccc(N)c(S(=O)(=O)[O-])c1.O=C([O-])[C@@H]([O-])[C@@H]([O-])C(=O)[O-].[Ti+4].[Ti+4].[Ti+4].[Ti+4]. The molecule has 0 aliphatic carbocycles. The molecule has 30 heteroatoms. The standard InChI is InChI=1S/2C7H9NO3S.C4H4O6.10C3H7O.4Ti/c2*1-5-2-3-6(8)7(4-5)12(9,10)11;5-1(3(7)8)2(6)4(9)10;10*1-3(2)4;;;;/h2*2-4H,8H2,1H3,(H,9,10,11);1-2H,(H,7,8)(H,9,10);10*3H,1-2H3;;;;/q;;-2;10*-1;4*+4/p-4/t;;1-,2+;;;;;;;;;;;;;;. The van der Waals surface area contributed by atoms with Gasteiger partial charge >= 0.3 is 86.9 Å². The van der Waals surface area contributed by atoms with Gasteiger partial charge in [0.05, 0.1) is 9.79 Å². The predicted octanol–water partition coefficient (Wildman–Crippen LogP) is -7.55. The topological polar surface area (TPSA) is 523 Å². The number of carbonyl (C=O) groups excluding carboxylic acids is 2. The van der Waals surface area contributed by atoms with Crippen LogP contribution in [-0.2, 0) is 117 Å². The number of aliphatic carboxylic acids is 2. The van der Waals surface area contributed by atoms with Crippen LogP contribution in [-0.4, -0.2) is 111 Å². The summed E-state index contributed by atoms with van der Waals surface area (Å²) >= 11 is 0. The van der Waals surface area contributed by atoms with E-state index in [1.54, 1.807) is 164 Å². The van der Waals surface area contributed by atoms with Gasteiger partial charge in [0.2, 0.25) is 0 Å². The molecule has 0 aromatic heterocycles. The van der Waals surface area contributed by atoms with Crippen LogP contribution >= 0.6 is 0 Å². The molecule has 0 radical (unpaired) electrons. The maximum atomic E-state index is 10.6. The summed E-state index contributed by atoms with van der Waals surface area (Å²) in [7, 11) is -8.86. The molecule has 4 N–H and O–H groups in total. The average molecular weight is 1300 g/mol. The van der Waals surface area contributed by atoms with Gasteiger partial charge in [-0.05, 0) is 49.2 Å². The minimum absolute atomic E-state index is 0. The van der Waals surface area contributed by atoms with Crippen molar-refractivity contribution in [2.75, 3.05) is 11.5 Å². The number of nitrogen functional groups attached to an aromatic ring is 2. The fraction of sp³-hybridized carbons (Fsp3) is 0.708. The van der Waals surface area contributed by atoms with E-state index >= 15 is 0 Å². The molecule has 0 unspecified atom stereocenters. The molecule has 2 rings (SSSR count). The van der Waals surface area contributed by atoms with Gasteiger partial charge < -0.3 is 102 Å². The molecule has 24 nitrogen and oxygen atoms in total. The van der Waals surface area contributed by atoms with Crippen LogP contribution in [0.1, 0.15) is 150 Å². The quantitative estimate of drug-likeness (QED) is 0.159. The summed E-state index contributed by atoms with van der Waals surface area (Å²) in [6.07, 6.45) is -9.77. The van der Waals surface area contributed by atoms with Crippen LogP contribution in [0.2, 0.25) is 0 Å². The summed E-state index contributed by atoms with van der Waals surface area (Å²) in [6.45, 7) is 35.6. The van der Waals surface area contributed by atoms with Crippen LogP contribution in [0.15, 0.2) is 46.2 Å². The Kier molecular flexibility index (Phi) is 107. The molecule has 0 fully saturated rings. The van der Waals surface area contributed by atoms with E-state index in [0.29, 0.717) is 11.1 Å². The largest absolute Gasteiger partial charge is 4.00 e. The molecule has 0 saturated heterocycles. The number of rotatable bonds is 5. The molecule has 0 aliphatic rings. The number of carboxylic acid groups (broad SMARTS) is 2. The molecule has 2 aromatic carbocycles. The van der Waals surface area contributed by atoms with Crippen molar-refractivity contribution in [1.82, 2.24) is 0 Å². The zero-order valence-electron chi connectivity index (χ0n) is 49.3. The summed E-state index contributed by atoms with van der Waals surface area (Å²) in [5.41, 5.74) is 12.0. The Bertz CT molecular complexity index is 1560. The van der Waals surface area contributed by atoms with Crippen LogP contribution in [0.4, 0.5) is 11.4 Å². The number of hydrogen-bond acceptors (Lipinski definition) is 24. The minimum Gasteiger partial charge on any atom is -0.852 e. The first-order chi connectivity index (χ1) is 32.6. The van der Waals surface area contributed by atoms with Crippen molar-refractivity contribution >= 4 is 43.5 Å². The first kappa shape index (κ1) is 116. The van der Waals surface area contributed by atoms with Crippen LogP contribution < -0.4 is 83.0 Å². The molecular weight excluding hydrogens is 1210 g/mol. The fourth-order valence-electron chi connectivity index (χ4n) is 1.96. The van der Waals surface area contributed by atoms with E-state index < -0.39 is 105 Å². The molecule has 0 spiro atoms. The fourth-order valence-corrected chi connectivity index (χ4v) is 3.34. The van der Waals surface area contributed by atoms with Gasteiger partial charge in [0.1, 0.15) is 20.2 Å². The number of nitrogens with two attached hydrogens (primary N) is 2. The number of aryl methyl sites for hydroxylation is 2. The number of hydrogen-bond donors (Lipinski definition) is 2. The van der Waals surface area contributed by atoms with Gasteiger partial charge in [0.15, 0.2) is 0 Å². The molecule has 0 bridgehead atoms. The summed E-state index contributed by atoms with van der Waals surface area (Å²) < 4.78 is 63.4. The van der Waals surface area contributed by atoms with Gasteiger partial charge in [0, 0.05) is 23.3 Å². The zero-order chi connectivity index (χ0) is 62.8. The smallest absolute Gasteiger partial charge is 0.852 e. The van der Waals surface area contributed by atoms with E-state index in [-0.39, 0.29) is 108 Å². The summed E-state index contributed by atoms with van der Waals surface area (Å²) in [5, 5.41) is 134. The first-order valence-corrected chi connectivity index (χ1v) is 25.4. The van der Waals surface area contributed by atoms with Crippen molar-refractivity contribution in [2.24, 2.45) is 0 Å². The van der Waals surface area contributed by atoms with E-state index in [1.165, 1.54) is 24.3 Å². The molecule has 0 amide bonds. The van der Waals surface area contributed by atoms with Crippen molar-refractivity contribution in [3.8, 4) is 0 Å². The predicted molar refractivity (Wildman–Crippen MR) is 256 cm³/mol. The Hall–Kier alpha value is -0.823. The third-order valence-corrected chi connectivity index (χ3v) is 5.40. The molecule has 2 atom stereocenters. The molecule has 0 saturated carbocycles. The average Bonchev–Trinajstić information content (AvgIpc) is 3.10. The van der Waals surface area contributed by atoms with Gasteiger partial charge in [-0.25, -0.2) is 16.8 Å². The van der Waals surface area contributed by atoms with Crippen LogP contribution in [0.25, 0.3) is 0 Å². The third kappa shape index (κ3) is 171. The van der Waals surface area contributed by atoms with Crippen molar-refractivity contribution in [1.29, 1.82) is 0 Å². The number of carboxylic acids is 2. The van der Waals surface area contributed by atoms with Gasteiger partial charge in [-0.2, -0.15) is 0 Å². The number of anilines is 2. The van der Waals surface area contributed by atoms with E-state index in [2.05, 4.69) is 0 Å². The minimum atomic E-state index is -4.43. The van der Waals surface area contributed by atoms with Crippen molar-refractivity contribution < 1.29 is 194 Å². The second-order valence-electron chi connectivity index (χ2n) is 17.0. The second-order valence-corrected chi connectivity index (χ2v) is 19.7. The maximum absolute atomic E-state index is 10.6. The van der Waals surface area contributed by atoms with Gasteiger partial charge in [-0.15, -0.1) is 61.0 Å². The Morgan fingerprint density at radius 2 is 0.462 bits per heavy atom. The third-order valence-electron chi connectivity index (χ3n) is 3.62. The van der Waals surface area contributed by atoms with Gasteiger partial charge in [-0.3, -0.25) is 0 Å². The van der Waals surface area contributed by atoms with E-state index in [1.807, 2.05) is 0 Å². The molecule has 2 aromatic rings. The number of benzene rings is 2. The Morgan fingerprint density at radius 1 is 0.346 bits per heavy atom. The summed E-state index contributed by atoms with van der Waals surface area (Å²) in [6, 6.07) is 8.61. The van der Waals surface area contributed by atoms with Gasteiger partial charge in [0.25, 0.3) is 0 Å². The Morgan fingerprint density at radius 3 is 0.538 bits per heavy atom.